The lowest BCUT2D eigenvalue weighted by atomic mass is 9.69. The molecule has 0 aromatic heterocycles. The Balaban J connectivity index is 1.61. The highest BCUT2D eigenvalue weighted by Crippen LogP contribution is 2.40. The highest BCUT2D eigenvalue weighted by Gasteiger charge is 2.29. The molecule has 1 aromatic rings. The Labute approximate surface area is 137 Å². The molecule has 2 aliphatic rings. The van der Waals surface area contributed by atoms with Crippen molar-refractivity contribution in [2.75, 3.05) is 0 Å². The number of benzene rings is 1. The van der Waals surface area contributed by atoms with Crippen molar-refractivity contribution in [3.63, 3.8) is 0 Å². The second kappa shape index (κ2) is 7.49. The zero-order valence-corrected chi connectivity index (χ0v) is 14.3. The Morgan fingerprint density at radius 2 is 1.86 bits per heavy atom. The first-order valence-corrected chi connectivity index (χ1v) is 9.51. The predicted molar refractivity (Wildman–Crippen MR) is 96.2 cm³/mol. The average Bonchev–Trinajstić information content (AvgIpc) is 2.59. The summed E-state index contributed by atoms with van der Waals surface area (Å²) >= 11 is 0. The number of hydrogen-bond donors (Lipinski definition) is 0. The van der Waals surface area contributed by atoms with Gasteiger partial charge in [-0.25, -0.2) is 0 Å². The van der Waals surface area contributed by atoms with E-state index in [2.05, 4.69) is 31.7 Å². The lowest BCUT2D eigenvalue weighted by Gasteiger charge is -2.36. The summed E-state index contributed by atoms with van der Waals surface area (Å²) in [5.74, 6) is 3.00. The highest BCUT2D eigenvalue weighted by atomic mass is 14.3. The van der Waals surface area contributed by atoms with Crippen LogP contribution >= 0.6 is 0 Å². The van der Waals surface area contributed by atoms with Crippen LogP contribution in [-0.2, 0) is 19.3 Å². The number of aryl methyl sites for hydroxylation is 2. The van der Waals surface area contributed by atoms with Crippen LogP contribution in [-0.4, -0.2) is 0 Å². The van der Waals surface area contributed by atoms with Gasteiger partial charge in [-0.3, -0.25) is 0 Å². The van der Waals surface area contributed by atoms with Gasteiger partial charge < -0.3 is 0 Å². The maximum absolute atomic E-state index is 3.84. The topological polar surface area (TPSA) is 0 Å². The molecule has 0 radical (unpaired) electrons. The molecule has 0 aliphatic heterocycles. The van der Waals surface area contributed by atoms with Gasteiger partial charge in [0.05, 0.1) is 0 Å². The Bertz CT molecular complexity index is 491. The maximum atomic E-state index is 3.84. The Kier molecular flexibility index (Phi) is 5.39. The van der Waals surface area contributed by atoms with Gasteiger partial charge in [0.15, 0.2) is 0 Å². The van der Waals surface area contributed by atoms with Gasteiger partial charge in [-0.1, -0.05) is 50.5 Å². The van der Waals surface area contributed by atoms with Crippen LogP contribution in [0.2, 0.25) is 0 Å². The van der Waals surface area contributed by atoms with E-state index in [-0.39, 0.29) is 0 Å². The highest BCUT2D eigenvalue weighted by molar-refractivity contribution is 5.34. The first kappa shape index (κ1) is 15.8. The molecule has 1 saturated carbocycles. The van der Waals surface area contributed by atoms with Gasteiger partial charge in [0.25, 0.3) is 0 Å². The fourth-order valence-corrected chi connectivity index (χ4v) is 4.73. The van der Waals surface area contributed by atoms with Crippen LogP contribution in [0, 0.1) is 17.8 Å². The van der Waals surface area contributed by atoms with E-state index in [9.17, 15) is 0 Å². The molecular weight excluding hydrogens is 264 g/mol. The van der Waals surface area contributed by atoms with E-state index in [1.807, 2.05) is 6.08 Å². The second-order valence-corrected chi connectivity index (χ2v) is 7.62. The molecule has 0 N–H and O–H groups in total. The summed E-state index contributed by atoms with van der Waals surface area (Å²) in [6.45, 7) is 6.20. The van der Waals surface area contributed by atoms with Crippen LogP contribution in [0.1, 0.15) is 68.6 Å². The molecular formula is C22H32. The Morgan fingerprint density at radius 1 is 1.05 bits per heavy atom. The van der Waals surface area contributed by atoms with Gasteiger partial charge in [-0.05, 0) is 79.4 Å². The van der Waals surface area contributed by atoms with Gasteiger partial charge >= 0.3 is 0 Å². The first-order valence-electron chi connectivity index (χ1n) is 9.51. The van der Waals surface area contributed by atoms with E-state index < -0.39 is 0 Å². The van der Waals surface area contributed by atoms with E-state index in [0.717, 1.165) is 30.6 Å². The normalized spacial score (nSPS) is 28.1. The molecule has 0 spiro atoms. The molecule has 0 heterocycles. The molecule has 1 aromatic carbocycles. The number of hydrogen-bond acceptors (Lipinski definition) is 0. The van der Waals surface area contributed by atoms with Crippen molar-refractivity contribution in [1.82, 2.24) is 0 Å². The monoisotopic (exact) mass is 296 g/mol. The van der Waals surface area contributed by atoms with Crippen molar-refractivity contribution in [1.29, 1.82) is 0 Å². The minimum Gasteiger partial charge on any atom is -0.103 e. The van der Waals surface area contributed by atoms with E-state index in [1.54, 1.807) is 11.1 Å². The maximum Gasteiger partial charge on any atom is -0.0244 e. The Morgan fingerprint density at radius 3 is 2.59 bits per heavy atom. The van der Waals surface area contributed by atoms with Gasteiger partial charge in [0.2, 0.25) is 0 Å². The molecule has 120 valence electrons. The fraction of sp³-hybridized carbons (Fsp3) is 0.636. The van der Waals surface area contributed by atoms with Crippen molar-refractivity contribution in [2.24, 2.45) is 17.8 Å². The molecule has 1 atom stereocenters. The molecule has 0 heteroatoms. The third kappa shape index (κ3) is 3.65. The molecule has 0 nitrogen and oxygen atoms in total. The lowest BCUT2D eigenvalue weighted by molar-refractivity contribution is 0.187. The number of rotatable bonds is 5. The fourth-order valence-electron chi connectivity index (χ4n) is 4.73. The number of allylic oxidation sites excluding steroid dienone is 1. The summed E-state index contributed by atoms with van der Waals surface area (Å²) in [7, 11) is 0. The molecule has 2 aliphatic carbocycles. The van der Waals surface area contributed by atoms with E-state index in [0.29, 0.717) is 0 Å². The average molecular weight is 296 g/mol. The third-order valence-electron chi connectivity index (χ3n) is 6.31. The molecule has 1 unspecified atom stereocenters. The van der Waals surface area contributed by atoms with Crippen LogP contribution in [0.5, 0.6) is 0 Å². The van der Waals surface area contributed by atoms with Gasteiger partial charge in [-0.15, -0.1) is 6.58 Å². The summed E-state index contributed by atoms with van der Waals surface area (Å²) in [4.78, 5) is 0. The second-order valence-electron chi connectivity index (χ2n) is 7.62. The lowest BCUT2D eigenvalue weighted by Crippen LogP contribution is -2.26. The summed E-state index contributed by atoms with van der Waals surface area (Å²) in [6, 6.07) is 7.26. The summed E-state index contributed by atoms with van der Waals surface area (Å²) in [6.07, 6.45) is 15.7. The molecule has 3 rings (SSSR count). The van der Waals surface area contributed by atoms with Crippen molar-refractivity contribution in [3.05, 3.63) is 47.5 Å². The van der Waals surface area contributed by atoms with Crippen LogP contribution in [0.25, 0.3) is 0 Å². The van der Waals surface area contributed by atoms with Crippen molar-refractivity contribution < 1.29 is 0 Å². The summed E-state index contributed by atoms with van der Waals surface area (Å²) in [5, 5.41) is 0. The zero-order valence-electron chi connectivity index (χ0n) is 14.3. The van der Waals surface area contributed by atoms with Gasteiger partial charge in [-0.2, -0.15) is 0 Å². The smallest absolute Gasteiger partial charge is 0.0244 e. The zero-order chi connectivity index (χ0) is 15.4. The summed E-state index contributed by atoms with van der Waals surface area (Å²) < 4.78 is 0. The minimum absolute atomic E-state index is 0.962. The van der Waals surface area contributed by atoms with Crippen LogP contribution < -0.4 is 0 Å². The summed E-state index contributed by atoms with van der Waals surface area (Å²) in [5.41, 5.74) is 4.79. The van der Waals surface area contributed by atoms with E-state index >= 15 is 0 Å². The Hall–Kier alpha value is -1.04. The molecule has 0 bridgehead atoms. The van der Waals surface area contributed by atoms with E-state index in [4.69, 9.17) is 0 Å². The van der Waals surface area contributed by atoms with Crippen LogP contribution in [0.15, 0.2) is 30.9 Å². The van der Waals surface area contributed by atoms with Gasteiger partial charge in [0, 0.05) is 0 Å². The SMILES string of the molecule is C=CCCc1ccc2c(c1)CCC(C1CCC(CC)CC1)C2. The van der Waals surface area contributed by atoms with Gasteiger partial charge in [0.1, 0.15) is 0 Å². The molecule has 1 fully saturated rings. The van der Waals surface area contributed by atoms with E-state index in [1.165, 1.54) is 56.9 Å². The van der Waals surface area contributed by atoms with Crippen molar-refractivity contribution in [2.45, 2.75) is 71.1 Å². The predicted octanol–water partition coefficient (Wildman–Crippen LogP) is 6.13. The first-order chi connectivity index (χ1) is 10.8. The standard InChI is InChI=1S/C22H32/c1-3-5-6-18-9-12-22-16-21(14-13-20(22)15-18)19-10-7-17(4-2)8-11-19/h3,9,12,15,17,19,21H,1,4-8,10-11,13-14,16H2,2H3. The largest absolute Gasteiger partial charge is 0.103 e. The van der Waals surface area contributed by atoms with Crippen molar-refractivity contribution >= 4 is 0 Å². The van der Waals surface area contributed by atoms with Crippen molar-refractivity contribution in [3.8, 4) is 0 Å². The molecule has 22 heavy (non-hydrogen) atoms. The molecule has 0 saturated heterocycles. The minimum atomic E-state index is 0.962. The van der Waals surface area contributed by atoms with Crippen LogP contribution in [0.3, 0.4) is 0 Å². The third-order valence-corrected chi connectivity index (χ3v) is 6.31. The van der Waals surface area contributed by atoms with Crippen LogP contribution in [0.4, 0.5) is 0 Å². The quantitative estimate of drug-likeness (QED) is 0.574. The molecule has 0 amide bonds. The number of fused-ring (bicyclic) bond motifs is 1.